The lowest BCUT2D eigenvalue weighted by atomic mass is 10.2. The minimum Gasteiger partial charge on any atom is -0.399 e. The Labute approximate surface area is 119 Å². The molecule has 0 atom stereocenters. The number of nitrogens with two attached hydrogens (primary N) is 1. The van der Waals surface area contributed by atoms with E-state index in [0.29, 0.717) is 17.8 Å². The molecule has 0 spiro atoms. The number of nitrogen functional groups attached to an aromatic ring is 1. The highest BCUT2D eigenvalue weighted by atomic mass is 32.2. The van der Waals surface area contributed by atoms with Crippen LogP contribution in [-0.2, 0) is 16.4 Å². The predicted molar refractivity (Wildman–Crippen MR) is 83.1 cm³/mol. The third-order valence-corrected chi connectivity index (χ3v) is 4.33. The molecule has 20 heavy (non-hydrogen) atoms. The van der Waals surface area contributed by atoms with Crippen LogP contribution in [0.1, 0.15) is 11.1 Å². The van der Waals surface area contributed by atoms with Crippen LogP contribution in [0.25, 0.3) is 0 Å². The molecule has 0 aromatic heterocycles. The van der Waals surface area contributed by atoms with Gasteiger partial charge in [0, 0.05) is 11.4 Å². The third-order valence-electron chi connectivity index (χ3n) is 3.05. The van der Waals surface area contributed by atoms with Crippen molar-refractivity contribution in [2.45, 2.75) is 13.3 Å². The lowest BCUT2D eigenvalue weighted by molar-refractivity contribution is 0.600. The molecule has 0 radical (unpaired) electrons. The van der Waals surface area contributed by atoms with Gasteiger partial charge >= 0.3 is 0 Å². The van der Waals surface area contributed by atoms with E-state index < -0.39 is 10.0 Å². The molecule has 0 heterocycles. The van der Waals surface area contributed by atoms with E-state index in [-0.39, 0.29) is 5.75 Å². The van der Waals surface area contributed by atoms with Gasteiger partial charge < -0.3 is 5.73 Å². The number of nitrogens with one attached hydrogen (secondary N) is 1. The van der Waals surface area contributed by atoms with Gasteiger partial charge in [-0.15, -0.1) is 0 Å². The van der Waals surface area contributed by atoms with E-state index in [1.54, 1.807) is 18.2 Å². The van der Waals surface area contributed by atoms with Crippen LogP contribution in [-0.4, -0.2) is 14.2 Å². The van der Waals surface area contributed by atoms with Crippen molar-refractivity contribution in [3.63, 3.8) is 0 Å². The zero-order valence-electron chi connectivity index (χ0n) is 11.3. The Bertz CT molecular complexity index is 682. The van der Waals surface area contributed by atoms with E-state index in [1.165, 1.54) is 0 Å². The molecule has 2 aromatic rings. The monoisotopic (exact) mass is 290 g/mol. The molecular weight excluding hydrogens is 272 g/mol. The van der Waals surface area contributed by atoms with Gasteiger partial charge in [0.05, 0.1) is 5.75 Å². The first-order valence-electron chi connectivity index (χ1n) is 6.37. The predicted octanol–water partition coefficient (Wildman–Crippen LogP) is 2.56. The maximum atomic E-state index is 12.0. The molecule has 0 saturated carbocycles. The van der Waals surface area contributed by atoms with Gasteiger partial charge in [-0.25, -0.2) is 8.42 Å². The Morgan fingerprint density at radius 2 is 1.80 bits per heavy atom. The lowest BCUT2D eigenvalue weighted by Crippen LogP contribution is -2.18. The first-order valence-corrected chi connectivity index (χ1v) is 8.02. The van der Waals surface area contributed by atoms with Gasteiger partial charge in [0.2, 0.25) is 10.0 Å². The molecule has 0 saturated heterocycles. The van der Waals surface area contributed by atoms with E-state index in [1.807, 2.05) is 37.3 Å². The van der Waals surface area contributed by atoms with Crippen LogP contribution in [0.4, 0.5) is 11.4 Å². The summed E-state index contributed by atoms with van der Waals surface area (Å²) in [7, 11) is -3.35. The maximum absolute atomic E-state index is 12.0. The molecule has 0 amide bonds. The van der Waals surface area contributed by atoms with Crippen LogP contribution in [0.3, 0.4) is 0 Å². The quantitative estimate of drug-likeness (QED) is 0.831. The molecule has 0 unspecified atom stereocenters. The maximum Gasteiger partial charge on any atom is 0.233 e. The Balaban J connectivity index is 2.02. The van der Waals surface area contributed by atoms with E-state index in [4.69, 9.17) is 5.73 Å². The number of aryl methyl sites for hydroxylation is 2. The molecule has 0 aliphatic carbocycles. The molecule has 4 nitrogen and oxygen atoms in total. The summed E-state index contributed by atoms with van der Waals surface area (Å²) in [6.45, 7) is 1.84. The molecule has 0 aliphatic rings. The highest BCUT2D eigenvalue weighted by molar-refractivity contribution is 7.92. The summed E-state index contributed by atoms with van der Waals surface area (Å²) in [5, 5.41) is 0. The van der Waals surface area contributed by atoms with Crippen LogP contribution >= 0.6 is 0 Å². The van der Waals surface area contributed by atoms with Crippen LogP contribution < -0.4 is 10.5 Å². The van der Waals surface area contributed by atoms with Gasteiger partial charge in [-0.3, -0.25) is 4.72 Å². The second kappa shape index (κ2) is 5.96. The largest absolute Gasteiger partial charge is 0.399 e. The summed E-state index contributed by atoms with van der Waals surface area (Å²) >= 11 is 0. The van der Waals surface area contributed by atoms with Gasteiger partial charge in [-0.1, -0.05) is 30.3 Å². The van der Waals surface area contributed by atoms with Crippen molar-refractivity contribution in [1.82, 2.24) is 0 Å². The third kappa shape index (κ3) is 3.99. The second-order valence-corrected chi connectivity index (χ2v) is 6.57. The SMILES string of the molecule is Cc1cc(NS(=O)(=O)CCc2ccccc2)ccc1N. The summed E-state index contributed by atoms with van der Waals surface area (Å²) < 4.78 is 26.6. The summed E-state index contributed by atoms with van der Waals surface area (Å²) in [6, 6.07) is 14.7. The molecular formula is C15H18N2O2S. The van der Waals surface area contributed by atoms with Crippen molar-refractivity contribution >= 4 is 21.4 Å². The van der Waals surface area contributed by atoms with Gasteiger partial charge in [-0.05, 0) is 42.7 Å². The summed E-state index contributed by atoms with van der Waals surface area (Å²) in [4.78, 5) is 0. The summed E-state index contributed by atoms with van der Waals surface area (Å²) in [5.41, 5.74) is 8.77. The fourth-order valence-corrected chi connectivity index (χ4v) is 2.96. The number of rotatable bonds is 5. The van der Waals surface area contributed by atoms with Crippen molar-refractivity contribution in [1.29, 1.82) is 0 Å². The Kier molecular flexibility index (Phi) is 4.29. The fraction of sp³-hybridized carbons (Fsp3) is 0.200. The minimum absolute atomic E-state index is 0.0560. The molecule has 0 aliphatic heterocycles. The van der Waals surface area contributed by atoms with Crippen LogP contribution in [0.15, 0.2) is 48.5 Å². The molecule has 2 rings (SSSR count). The van der Waals surface area contributed by atoms with E-state index in [0.717, 1.165) is 11.1 Å². The summed E-state index contributed by atoms with van der Waals surface area (Å²) in [5.74, 6) is 0.0560. The van der Waals surface area contributed by atoms with Crippen molar-refractivity contribution in [2.24, 2.45) is 0 Å². The molecule has 106 valence electrons. The average molecular weight is 290 g/mol. The zero-order valence-corrected chi connectivity index (χ0v) is 12.2. The van der Waals surface area contributed by atoms with E-state index >= 15 is 0 Å². The normalized spacial score (nSPS) is 11.2. The second-order valence-electron chi connectivity index (χ2n) is 4.73. The highest BCUT2D eigenvalue weighted by Gasteiger charge is 2.11. The number of sulfonamides is 1. The standard InChI is InChI=1S/C15H18N2O2S/c1-12-11-14(7-8-15(12)16)17-20(18,19)10-9-13-5-3-2-4-6-13/h2-8,11,17H,9-10,16H2,1H3. The number of benzene rings is 2. The Morgan fingerprint density at radius 1 is 1.10 bits per heavy atom. The van der Waals surface area contributed by atoms with Gasteiger partial charge in [0.15, 0.2) is 0 Å². The Hall–Kier alpha value is -2.01. The van der Waals surface area contributed by atoms with Crippen LogP contribution in [0, 0.1) is 6.92 Å². The molecule has 5 heteroatoms. The zero-order chi connectivity index (χ0) is 14.6. The number of anilines is 2. The topological polar surface area (TPSA) is 72.2 Å². The number of hydrogen-bond acceptors (Lipinski definition) is 3. The van der Waals surface area contributed by atoms with Crippen molar-refractivity contribution in [2.75, 3.05) is 16.2 Å². The highest BCUT2D eigenvalue weighted by Crippen LogP contribution is 2.18. The minimum atomic E-state index is -3.35. The van der Waals surface area contributed by atoms with Gasteiger partial charge in [0.1, 0.15) is 0 Å². The number of hydrogen-bond donors (Lipinski definition) is 2. The van der Waals surface area contributed by atoms with E-state index in [9.17, 15) is 8.42 Å². The van der Waals surface area contributed by atoms with E-state index in [2.05, 4.69) is 4.72 Å². The van der Waals surface area contributed by atoms with Gasteiger partial charge in [0.25, 0.3) is 0 Å². The van der Waals surface area contributed by atoms with Crippen LogP contribution in [0.2, 0.25) is 0 Å². The lowest BCUT2D eigenvalue weighted by Gasteiger charge is -2.09. The van der Waals surface area contributed by atoms with Crippen molar-refractivity contribution in [3.05, 3.63) is 59.7 Å². The fourth-order valence-electron chi connectivity index (χ4n) is 1.87. The van der Waals surface area contributed by atoms with Crippen molar-refractivity contribution in [3.8, 4) is 0 Å². The molecule has 2 aromatic carbocycles. The Morgan fingerprint density at radius 3 is 2.45 bits per heavy atom. The first-order chi connectivity index (χ1) is 9.46. The molecule has 0 fully saturated rings. The van der Waals surface area contributed by atoms with Gasteiger partial charge in [-0.2, -0.15) is 0 Å². The average Bonchev–Trinajstić information content (AvgIpc) is 2.42. The van der Waals surface area contributed by atoms with Crippen LogP contribution in [0.5, 0.6) is 0 Å². The first kappa shape index (κ1) is 14.4. The summed E-state index contributed by atoms with van der Waals surface area (Å²) in [6.07, 6.45) is 0.490. The smallest absolute Gasteiger partial charge is 0.233 e. The molecule has 3 N–H and O–H groups in total. The molecule has 0 bridgehead atoms. The van der Waals surface area contributed by atoms with Crippen molar-refractivity contribution < 1.29 is 8.42 Å².